The van der Waals surface area contributed by atoms with Crippen LogP contribution in [0.1, 0.15) is 27.8 Å². The highest BCUT2D eigenvalue weighted by atomic mass is 35.5. The predicted molar refractivity (Wildman–Crippen MR) is 97.0 cm³/mol. The fourth-order valence-corrected chi connectivity index (χ4v) is 2.88. The van der Waals surface area contributed by atoms with Gasteiger partial charge in [-0.15, -0.1) is 0 Å². The third-order valence-corrected chi connectivity index (χ3v) is 4.32. The maximum absolute atomic E-state index is 13.3. The van der Waals surface area contributed by atoms with Crippen molar-refractivity contribution >= 4 is 23.2 Å². The summed E-state index contributed by atoms with van der Waals surface area (Å²) in [6.07, 6.45) is 3.30. The lowest BCUT2D eigenvalue weighted by atomic mass is 10.0. The number of benzene rings is 2. The Morgan fingerprint density at radius 1 is 1.30 bits per heavy atom. The molecule has 0 aliphatic carbocycles. The topological polar surface area (TPSA) is 90.1 Å². The average molecular weight is 389 g/mol. The highest BCUT2D eigenvalue weighted by Gasteiger charge is 2.23. The van der Waals surface area contributed by atoms with E-state index < -0.39 is 22.7 Å². The van der Waals surface area contributed by atoms with Crippen molar-refractivity contribution < 1.29 is 14.1 Å². The van der Waals surface area contributed by atoms with E-state index in [1.165, 1.54) is 24.3 Å². The molecule has 1 amide bonds. The maximum Gasteiger partial charge on any atom is 0.270 e. The Balaban J connectivity index is 1.95. The Kier molecular flexibility index (Phi) is 5.18. The summed E-state index contributed by atoms with van der Waals surface area (Å²) >= 11 is 6.04. The minimum absolute atomic E-state index is 0.0422. The van der Waals surface area contributed by atoms with Crippen molar-refractivity contribution in [3.63, 3.8) is 0 Å². The first kappa shape index (κ1) is 18.5. The predicted octanol–water partition coefficient (Wildman–Crippen LogP) is 3.64. The number of hydrogen-bond donors (Lipinski definition) is 1. The van der Waals surface area contributed by atoms with Gasteiger partial charge in [-0.25, -0.2) is 9.37 Å². The molecule has 0 bridgehead atoms. The minimum Gasteiger partial charge on any atom is -0.338 e. The van der Waals surface area contributed by atoms with Crippen molar-refractivity contribution in [1.82, 2.24) is 14.9 Å². The van der Waals surface area contributed by atoms with E-state index in [1.807, 2.05) is 0 Å². The molecule has 3 rings (SSSR count). The number of rotatable bonds is 5. The molecule has 0 radical (unpaired) electrons. The molecule has 1 unspecified atom stereocenters. The average Bonchev–Trinajstić information content (AvgIpc) is 3.06. The molecular weight excluding hydrogens is 375 g/mol. The Hall–Kier alpha value is -3.26. The molecule has 1 atom stereocenters. The third-order valence-electron chi connectivity index (χ3n) is 4.00. The minimum atomic E-state index is -0.663. The second-order valence-electron chi connectivity index (χ2n) is 5.78. The molecule has 0 aliphatic heterocycles. The highest BCUT2D eigenvalue weighted by molar-refractivity contribution is 6.34. The fraction of sp³-hybridized carbons (Fsp3) is 0.111. The second-order valence-corrected chi connectivity index (χ2v) is 6.18. The van der Waals surface area contributed by atoms with Crippen molar-refractivity contribution in [3.8, 4) is 0 Å². The third kappa shape index (κ3) is 3.95. The maximum atomic E-state index is 13.3. The largest absolute Gasteiger partial charge is 0.338 e. The van der Waals surface area contributed by atoms with E-state index in [4.69, 9.17) is 11.6 Å². The van der Waals surface area contributed by atoms with Crippen molar-refractivity contribution in [3.05, 3.63) is 92.8 Å². The van der Waals surface area contributed by atoms with Crippen LogP contribution < -0.4 is 5.32 Å². The van der Waals surface area contributed by atoms with Crippen LogP contribution in [-0.2, 0) is 7.05 Å². The van der Waals surface area contributed by atoms with Crippen LogP contribution >= 0.6 is 11.6 Å². The standard InChI is InChI=1S/C18H14ClFN4O3/c1-23-9-8-21-17(23)16(11-2-4-12(20)5-3-11)22-18(25)14-7-6-13(24(26)27)10-15(14)19/h2-10,16H,1H3,(H,22,25). The summed E-state index contributed by atoms with van der Waals surface area (Å²) in [5.41, 5.74) is 0.497. The van der Waals surface area contributed by atoms with E-state index >= 15 is 0 Å². The lowest BCUT2D eigenvalue weighted by molar-refractivity contribution is -0.384. The van der Waals surface area contributed by atoms with Crippen LogP contribution in [0.3, 0.4) is 0 Å². The number of aryl methyl sites for hydroxylation is 1. The number of non-ortho nitro benzene ring substituents is 1. The number of amides is 1. The first-order chi connectivity index (χ1) is 12.9. The molecule has 1 aromatic heterocycles. The molecule has 1 N–H and O–H groups in total. The zero-order valence-corrected chi connectivity index (χ0v) is 14.9. The number of hydrogen-bond acceptors (Lipinski definition) is 4. The van der Waals surface area contributed by atoms with E-state index in [9.17, 15) is 19.3 Å². The molecule has 0 spiro atoms. The quantitative estimate of drug-likeness (QED) is 0.533. The van der Waals surface area contributed by atoms with Crippen LogP contribution in [0.25, 0.3) is 0 Å². The van der Waals surface area contributed by atoms with Gasteiger partial charge in [0.2, 0.25) is 0 Å². The van der Waals surface area contributed by atoms with E-state index in [1.54, 1.807) is 36.1 Å². The number of aromatic nitrogens is 2. The zero-order valence-electron chi connectivity index (χ0n) is 14.1. The van der Waals surface area contributed by atoms with Gasteiger partial charge in [-0.3, -0.25) is 14.9 Å². The van der Waals surface area contributed by atoms with E-state index in [-0.39, 0.29) is 16.3 Å². The number of nitrogens with zero attached hydrogens (tertiary/aromatic N) is 3. The number of halogens is 2. The van der Waals surface area contributed by atoms with Crippen LogP contribution in [0.4, 0.5) is 10.1 Å². The first-order valence-corrected chi connectivity index (χ1v) is 8.22. The molecule has 0 saturated heterocycles. The van der Waals surface area contributed by atoms with Gasteiger partial charge < -0.3 is 9.88 Å². The summed E-state index contributed by atoms with van der Waals surface area (Å²) in [6.45, 7) is 0. The van der Waals surface area contributed by atoms with Crippen LogP contribution in [0.2, 0.25) is 5.02 Å². The molecule has 3 aromatic rings. The molecule has 7 nitrogen and oxygen atoms in total. The number of nitrogens with one attached hydrogen (secondary N) is 1. The molecule has 138 valence electrons. The lowest BCUT2D eigenvalue weighted by Gasteiger charge is -2.19. The monoisotopic (exact) mass is 388 g/mol. The normalized spacial score (nSPS) is 11.8. The van der Waals surface area contributed by atoms with Crippen LogP contribution in [0.15, 0.2) is 54.9 Å². The van der Waals surface area contributed by atoms with Gasteiger partial charge in [0.25, 0.3) is 11.6 Å². The van der Waals surface area contributed by atoms with Gasteiger partial charge in [0.1, 0.15) is 17.7 Å². The molecule has 0 saturated carbocycles. The van der Waals surface area contributed by atoms with Gasteiger partial charge in [0, 0.05) is 31.6 Å². The Labute approximate surface area is 158 Å². The van der Waals surface area contributed by atoms with E-state index in [0.29, 0.717) is 11.4 Å². The molecule has 0 aliphatic rings. The summed E-state index contributed by atoms with van der Waals surface area (Å²) in [4.78, 5) is 27.2. The van der Waals surface area contributed by atoms with Gasteiger partial charge in [-0.1, -0.05) is 23.7 Å². The molecule has 0 fully saturated rings. The van der Waals surface area contributed by atoms with Gasteiger partial charge >= 0.3 is 0 Å². The molecular formula is C18H14ClFN4O3. The van der Waals surface area contributed by atoms with E-state index in [0.717, 1.165) is 6.07 Å². The summed E-state index contributed by atoms with van der Waals surface area (Å²) in [6, 6.07) is 8.62. The molecule has 27 heavy (non-hydrogen) atoms. The van der Waals surface area contributed by atoms with Gasteiger partial charge in [0.15, 0.2) is 0 Å². The van der Waals surface area contributed by atoms with Crippen molar-refractivity contribution in [2.24, 2.45) is 7.05 Å². The van der Waals surface area contributed by atoms with Crippen LogP contribution in [-0.4, -0.2) is 20.4 Å². The Bertz CT molecular complexity index is 1000. The number of nitro benzene ring substituents is 1. The van der Waals surface area contributed by atoms with Crippen LogP contribution in [0, 0.1) is 15.9 Å². The molecule has 1 heterocycles. The van der Waals surface area contributed by atoms with Crippen molar-refractivity contribution in [2.45, 2.75) is 6.04 Å². The lowest BCUT2D eigenvalue weighted by Crippen LogP contribution is -2.31. The number of nitro groups is 1. The first-order valence-electron chi connectivity index (χ1n) is 7.84. The molecule has 9 heteroatoms. The van der Waals surface area contributed by atoms with Crippen molar-refractivity contribution in [2.75, 3.05) is 0 Å². The Morgan fingerprint density at radius 2 is 2.00 bits per heavy atom. The summed E-state index contributed by atoms with van der Waals surface area (Å²) < 4.78 is 15.0. The van der Waals surface area contributed by atoms with E-state index in [2.05, 4.69) is 10.3 Å². The fourth-order valence-electron chi connectivity index (χ4n) is 2.62. The summed E-state index contributed by atoms with van der Waals surface area (Å²) in [5, 5.41) is 13.6. The Morgan fingerprint density at radius 3 is 2.56 bits per heavy atom. The smallest absolute Gasteiger partial charge is 0.270 e. The number of imidazole rings is 1. The zero-order chi connectivity index (χ0) is 19.6. The molecule has 2 aromatic carbocycles. The van der Waals surface area contributed by atoms with Gasteiger partial charge in [-0.05, 0) is 23.8 Å². The van der Waals surface area contributed by atoms with Gasteiger partial charge in [0.05, 0.1) is 15.5 Å². The summed E-state index contributed by atoms with van der Waals surface area (Å²) in [7, 11) is 1.77. The van der Waals surface area contributed by atoms with Crippen LogP contribution in [0.5, 0.6) is 0 Å². The van der Waals surface area contributed by atoms with Crippen molar-refractivity contribution in [1.29, 1.82) is 0 Å². The SMILES string of the molecule is Cn1ccnc1C(NC(=O)c1ccc([N+](=O)[O-])cc1Cl)c1ccc(F)cc1. The second kappa shape index (κ2) is 7.55. The summed E-state index contributed by atoms with van der Waals surface area (Å²) in [5.74, 6) is -0.401. The number of carbonyl (C=O) groups excluding carboxylic acids is 1. The van der Waals surface area contributed by atoms with Gasteiger partial charge in [-0.2, -0.15) is 0 Å². The highest BCUT2D eigenvalue weighted by Crippen LogP contribution is 2.25. The number of carbonyl (C=O) groups is 1.